The van der Waals surface area contributed by atoms with Gasteiger partial charge in [0.1, 0.15) is 24.8 Å². The fourth-order valence-electron chi connectivity index (χ4n) is 4.04. The first-order valence-corrected chi connectivity index (χ1v) is 12.2. The molecular weight excluding hydrogens is 418 g/mol. The van der Waals surface area contributed by atoms with Gasteiger partial charge in [0.2, 0.25) is 0 Å². The van der Waals surface area contributed by atoms with Crippen LogP contribution in [0.25, 0.3) is 0 Å². The Morgan fingerprint density at radius 3 is 1.85 bits per heavy atom. The number of phenols is 2. The largest absolute Gasteiger partial charge is 0.507 e. The summed E-state index contributed by atoms with van der Waals surface area (Å²) in [6, 6.07) is 0. The number of benzene rings is 1. The normalized spacial score (nSPS) is 13.3. The van der Waals surface area contributed by atoms with E-state index in [0.717, 1.165) is 67.2 Å². The molecule has 0 spiro atoms. The molecule has 0 amide bonds. The molecule has 0 heterocycles. The van der Waals surface area contributed by atoms with Crippen LogP contribution < -0.4 is 0 Å². The molecule has 0 radical (unpaired) electrons. The van der Waals surface area contributed by atoms with Crippen molar-refractivity contribution >= 4 is 0 Å². The van der Waals surface area contributed by atoms with E-state index in [1.54, 1.807) is 6.08 Å². The molecule has 1 aromatic rings. The summed E-state index contributed by atoms with van der Waals surface area (Å²) in [5.41, 5.74) is 6.09. The quantitative estimate of drug-likeness (QED) is 0.214. The highest BCUT2D eigenvalue weighted by Crippen LogP contribution is 2.37. The van der Waals surface area contributed by atoms with Gasteiger partial charge in [-0.25, -0.2) is 8.78 Å². The molecule has 0 fully saturated rings. The maximum absolute atomic E-state index is 12.5. The third kappa shape index (κ3) is 9.73. The molecule has 186 valence electrons. The van der Waals surface area contributed by atoms with Crippen LogP contribution in [0.15, 0.2) is 34.9 Å². The fourth-order valence-corrected chi connectivity index (χ4v) is 4.04. The summed E-state index contributed by atoms with van der Waals surface area (Å²) in [6.07, 6.45) is 13.7. The summed E-state index contributed by atoms with van der Waals surface area (Å²) >= 11 is 0. The molecule has 0 aliphatic carbocycles. The monoisotopic (exact) mass is 462 g/mol. The highest BCUT2D eigenvalue weighted by Gasteiger charge is 2.16. The molecule has 2 nitrogen and oxygen atoms in total. The molecular formula is C29H44F2O2. The molecule has 0 aromatic heterocycles. The first-order chi connectivity index (χ1) is 15.6. The fraction of sp³-hybridized carbons (Fsp3) is 0.586. The Bertz CT molecular complexity index is 815. The SMILES string of the molecule is C/C(=C\CC/C(C)=C/CC[C@H](C)CCc1c(C)c(O)c(C)c(C)c1O)CCC=C(CF)CF. The van der Waals surface area contributed by atoms with Crippen LogP contribution in [0.1, 0.15) is 88.0 Å². The van der Waals surface area contributed by atoms with Crippen LogP contribution in [-0.2, 0) is 6.42 Å². The molecule has 1 rings (SSSR count). The van der Waals surface area contributed by atoms with Gasteiger partial charge in [-0.2, -0.15) is 0 Å². The standard InChI is InChI=1S/C29H44F2O2/c1-20(10-7-11-21(2)14-9-15-26(18-30)19-31)12-8-13-22(3)16-17-27-25(6)28(32)23(4)24(5)29(27)33/h11-12,15,22,32-33H,7-10,13-14,16-19H2,1-6H3/b20-12+,21-11+/t22-/m0/s1. The number of aromatic hydroxyl groups is 2. The second kappa shape index (κ2) is 14.9. The summed E-state index contributed by atoms with van der Waals surface area (Å²) in [5, 5.41) is 20.8. The Morgan fingerprint density at radius 2 is 1.27 bits per heavy atom. The van der Waals surface area contributed by atoms with E-state index in [9.17, 15) is 19.0 Å². The van der Waals surface area contributed by atoms with Gasteiger partial charge in [-0.3, -0.25) is 0 Å². The lowest BCUT2D eigenvalue weighted by molar-refractivity contribution is 0.435. The van der Waals surface area contributed by atoms with Crippen molar-refractivity contribution in [3.05, 3.63) is 57.2 Å². The molecule has 33 heavy (non-hydrogen) atoms. The minimum atomic E-state index is -0.695. The maximum atomic E-state index is 12.5. The molecule has 1 atom stereocenters. The van der Waals surface area contributed by atoms with Crippen LogP contribution in [-0.4, -0.2) is 23.6 Å². The zero-order chi connectivity index (χ0) is 25.0. The third-order valence-corrected chi connectivity index (χ3v) is 6.75. The van der Waals surface area contributed by atoms with E-state index in [1.165, 1.54) is 11.1 Å². The first kappa shape index (κ1) is 28.9. The lowest BCUT2D eigenvalue weighted by atomic mass is 9.91. The third-order valence-electron chi connectivity index (χ3n) is 6.75. The van der Waals surface area contributed by atoms with E-state index in [-0.39, 0.29) is 5.57 Å². The summed E-state index contributed by atoms with van der Waals surface area (Å²) in [5.74, 6) is 1.16. The smallest absolute Gasteiger partial charge is 0.122 e. The van der Waals surface area contributed by atoms with Gasteiger partial charge in [-0.15, -0.1) is 0 Å². The minimum Gasteiger partial charge on any atom is -0.507 e. The number of allylic oxidation sites excluding steroid dienone is 6. The second-order valence-electron chi connectivity index (χ2n) is 9.58. The number of halogens is 2. The number of rotatable bonds is 14. The van der Waals surface area contributed by atoms with Gasteiger partial charge in [0.25, 0.3) is 0 Å². The van der Waals surface area contributed by atoms with Crippen molar-refractivity contribution in [2.24, 2.45) is 5.92 Å². The van der Waals surface area contributed by atoms with E-state index in [1.807, 2.05) is 20.8 Å². The van der Waals surface area contributed by atoms with Crippen LogP contribution in [0.5, 0.6) is 11.5 Å². The highest BCUT2D eigenvalue weighted by molar-refractivity contribution is 5.56. The van der Waals surface area contributed by atoms with Gasteiger partial charge < -0.3 is 10.2 Å². The van der Waals surface area contributed by atoms with Crippen molar-refractivity contribution in [1.82, 2.24) is 0 Å². The topological polar surface area (TPSA) is 40.5 Å². The second-order valence-corrected chi connectivity index (χ2v) is 9.58. The van der Waals surface area contributed by atoms with Crippen molar-refractivity contribution < 1.29 is 19.0 Å². The van der Waals surface area contributed by atoms with Crippen LogP contribution in [0.4, 0.5) is 8.78 Å². The van der Waals surface area contributed by atoms with Crippen molar-refractivity contribution in [2.75, 3.05) is 13.3 Å². The van der Waals surface area contributed by atoms with Gasteiger partial charge in [0.15, 0.2) is 0 Å². The Kier molecular flexibility index (Phi) is 13.1. The van der Waals surface area contributed by atoms with Crippen molar-refractivity contribution in [1.29, 1.82) is 0 Å². The Labute approximate surface area is 200 Å². The lowest BCUT2D eigenvalue weighted by Gasteiger charge is -2.17. The van der Waals surface area contributed by atoms with Gasteiger partial charge in [0.05, 0.1) is 0 Å². The first-order valence-electron chi connectivity index (χ1n) is 12.2. The number of hydrogen-bond acceptors (Lipinski definition) is 2. The molecule has 0 saturated carbocycles. The Balaban J connectivity index is 2.41. The van der Waals surface area contributed by atoms with Crippen LogP contribution in [0.2, 0.25) is 0 Å². The Morgan fingerprint density at radius 1 is 0.758 bits per heavy atom. The Hall–Kier alpha value is -2.10. The van der Waals surface area contributed by atoms with Gasteiger partial charge in [0, 0.05) is 5.56 Å². The molecule has 4 heteroatoms. The zero-order valence-electron chi connectivity index (χ0n) is 21.5. The molecule has 1 aromatic carbocycles. The van der Waals surface area contributed by atoms with Crippen molar-refractivity contribution in [3.63, 3.8) is 0 Å². The summed E-state index contributed by atoms with van der Waals surface area (Å²) in [4.78, 5) is 0. The van der Waals surface area contributed by atoms with E-state index < -0.39 is 13.3 Å². The number of phenolic OH excluding ortho intramolecular Hbond substituents is 2. The summed E-state index contributed by atoms with van der Waals surface area (Å²) < 4.78 is 24.9. The van der Waals surface area contributed by atoms with Gasteiger partial charge >= 0.3 is 0 Å². The van der Waals surface area contributed by atoms with Crippen LogP contribution in [0.3, 0.4) is 0 Å². The predicted molar refractivity (Wildman–Crippen MR) is 137 cm³/mol. The van der Waals surface area contributed by atoms with Crippen LogP contribution >= 0.6 is 0 Å². The van der Waals surface area contributed by atoms with Gasteiger partial charge in [-0.1, -0.05) is 36.3 Å². The summed E-state index contributed by atoms with van der Waals surface area (Å²) in [7, 11) is 0. The maximum Gasteiger partial charge on any atom is 0.122 e. The molecule has 2 N–H and O–H groups in total. The molecule has 0 bridgehead atoms. The van der Waals surface area contributed by atoms with Crippen molar-refractivity contribution in [3.8, 4) is 11.5 Å². The summed E-state index contributed by atoms with van der Waals surface area (Å²) in [6.45, 7) is 10.7. The highest BCUT2D eigenvalue weighted by atomic mass is 19.1. The number of hydrogen-bond donors (Lipinski definition) is 2. The van der Waals surface area contributed by atoms with E-state index in [2.05, 4.69) is 32.9 Å². The van der Waals surface area contributed by atoms with Gasteiger partial charge in [-0.05, 0) is 114 Å². The zero-order valence-corrected chi connectivity index (χ0v) is 21.5. The van der Waals surface area contributed by atoms with E-state index in [4.69, 9.17) is 0 Å². The molecule has 0 aliphatic rings. The van der Waals surface area contributed by atoms with E-state index in [0.29, 0.717) is 23.8 Å². The average molecular weight is 463 g/mol. The molecule has 0 saturated heterocycles. The van der Waals surface area contributed by atoms with Crippen molar-refractivity contribution in [2.45, 2.75) is 92.9 Å². The average Bonchev–Trinajstić information content (AvgIpc) is 2.79. The molecule has 0 aliphatic heterocycles. The van der Waals surface area contributed by atoms with E-state index >= 15 is 0 Å². The number of alkyl halides is 2. The lowest BCUT2D eigenvalue weighted by Crippen LogP contribution is -2.01. The predicted octanol–water partition coefficient (Wildman–Crippen LogP) is 8.69. The molecule has 0 unspecified atom stereocenters. The van der Waals surface area contributed by atoms with Crippen LogP contribution in [0, 0.1) is 26.7 Å². The minimum absolute atomic E-state index is 0.245.